The van der Waals surface area contributed by atoms with Gasteiger partial charge < -0.3 is 9.80 Å². The molecule has 2 aromatic rings. The summed E-state index contributed by atoms with van der Waals surface area (Å²) < 4.78 is 13.6. The summed E-state index contributed by atoms with van der Waals surface area (Å²) in [6.07, 6.45) is 0. The van der Waals surface area contributed by atoms with Crippen molar-refractivity contribution in [3.8, 4) is 0 Å². The second kappa shape index (κ2) is 6.03. The van der Waals surface area contributed by atoms with Crippen LogP contribution in [0, 0.1) is 5.82 Å². The van der Waals surface area contributed by atoms with Crippen molar-refractivity contribution >= 4 is 34.5 Å². The maximum Gasteiger partial charge on any atom is 0.264 e. The molecule has 1 aromatic heterocycles. The molecule has 3 rings (SSSR count). The minimum absolute atomic E-state index is 0.0330. The van der Waals surface area contributed by atoms with Gasteiger partial charge in [-0.3, -0.25) is 4.79 Å². The molecule has 110 valence electrons. The summed E-state index contributed by atoms with van der Waals surface area (Å²) in [6, 6.07) is 9.97. The fraction of sp³-hybridized carbons (Fsp3) is 0.267. The number of thiophene rings is 1. The molecule has 0 spiro atoms. The molecule has 6 heteroatoms. The van der Waals surface area contributed by atoms with Crippen molar-refractivity contribution in [2.75, 3.05) is 31.1 Å². The highest BCUT2D eigenvalue weighted by molar-refractivity contribution is 7.17. The number of hydrogen-bond acceptors (Lipinski definition) is 3. The van der Waals surface area contributed by atoms with Crippen LogP contribution >= 0.6 is 22.9 Å². The molecule has 1 aliphatic heterocycles. The van der Waals surface area contributed by atoms with Crippen molar-refractivity contribution in [3.05, 3.63) is 51.4 Å². The summed E-state index contributed by atoms with van der Waals surface area (Å²) in [4.78, 5) is 17.0. The van der Waals surface area contributed by atoms with Gasteiger partial charge in [0.05, 0.1) is 9.21 Å². The standard InChI is InChI=1S/C15H14ClFN2OS/c16-14-6-5-13(21-14)15(20)19-9-7-18(8-10-19)12-3-1-11(17)2-4-12/h1-6H,7-10H2. The summed E-state index contributed by atoms with van der Waals surface area (Å²) >= 11 is 7.18. The minimum Gasteiger partial charge on any atom is -0.368 e. The molecule has 1 aromatic carbocycles. The van der Waals surface area contributed by atoms with E-state index >= 15 is 0 Å². The van der Waals surface area contributed by atoms with Crippen LogP contribution in [0.1, 0.15) is 9.67 Å². The second-order valence-electron chi connectivity index (χ2n) is 4.86. The highest BCUT2D eigenvalue weighted by Crippen LogP contribution is 2.24. The number of halogens is 2. The van der Waals surface area contributed by atoms with E-state index in [1.54, 1.807) is 24.3 Å². The summed E-state index contributed by atoms with van der Waals surface area (Å²) in [5, 5.41) is 0. The van der Waals surface area contributed by atoms with E-state index in [4.69, 9.17) is 11.6 Å². The third kappa shape index (κ3) is 3.19. The van der Waals surface area contributed by atoms with Gasteiger partial charge in [0.2, 0.25) is 0 Å². The molecule has 0 radical (unpaired) electrons. The first-order chi connectivity index (χ1) is 10.1. The SMILES string of the molecule is O=C(c1ccc(Cl)s1)N1CCN(c2ccc(F)cc2)CC1. The van der Waals surface area contributed by atoms with Crippen LogP contribution in [0.2, 0.25) is 4.34 Å². The molecule has 1 fully saturated rings. The number of hydrogen-bond donors (Lipinski definition) is 0. The zero-order valence-electron chi connectivity index (χ0n) is 11.3. The molecule has 0 atom stereocenters. The fourth-order valence-corrected chi connectivity index (χ4v) is 3.42. The number of carbonyl (C=O) groups excluding carboxylic acids is 1. The van der Waals surface area contributed by atoms with Crippen LogP contribution in [0.3, 0.4) is 0 Å². The molecule has 21 heavy (non-hydrogen) atoms. The van der Waals surface area contributed by atoms with Gasteiger partial charge in [-0.25, -0.2) is 4.39 Å². The topological polar surface area (TPSA) is 23.6 Å². The Labute approximate surface area is 131 Å². The van der Waals surface area contributed by atoms with E-state index in [2.05, 4.69) is 4.90 Å². The molecule has 0 bridgehead atoms. The average molecular weight is 325 g/mol. The average Bonchev–Trinajstić information content (AvgIpc) is 2.94. The Morgan fingerprint density at radius 3 is 2.29 bits per heavy atom. The Hall–Kier alpha value is -1.59. The Kier molecular flexibility index (Phi) is 4.12. The first-order valence-electron chi connectivity index (χ1n) is 6.68. The van der Waals surface area contributed by atoms with Gasteiger partial charge in [0.25, 0.3) is 5.91 Å². The van der Waals surface area contributed by atoms with Crippen molar-refractivity contribution in [1.82, 2.24) is 4.90 Å². The molecular weight excluding hydrogens is 311 g/mol. The van der Waals surface area contributed by atoms with Crippen LogP contribution in [-0.4, -0.2) is 37.0 Å². The minimum atomic E-state index is -0.234. The number of piperazine rings is 1. The van der Waals surface area contributed by atoms with E-state index in [1.165, 1.54) is 23.5 Å². The Morgan fingerprint density at radius 2 is 1.71 bits per heavy atom. The Balaban J connectivity index is 1.62. The van der Waals surface area contributed by atoms with E-state index in [0.717, 1.165) is 18.8 Å². The van der Waals surface area contributed by atoms with E-state index in [0.29, 0.717) is 22.3 Å². The number of anilines is 1. The quantitative estimate of drug-likeness (QED) is 0.844. The molecule has 0 unspecified atom stereocenters. The number of amides is 1. The monoisotopic (exact) mass is 324 g/mol. The van der Waals surface area contributed by atoms with Crippen LogP contribution < -0.4 is 4.90 Å². The van der Waals surface area contributed by atoms with Gasteiger partial charge in [0, 0.05) is 31.9 Å². The molecule has 0 saturated carbocycles. The summed E-state index contributed by atoms with van der Waals surface area (Å²) in [7, 11) is 0. The molecular formula is C15H14ClFN2OS. The van der Waals surface area contributed by atoms with E-state index in [1.807, 2.05) is 4.90 Å². The summed E-state index contributed by atoms with van der Waals surface area (Å²) in [5.74, 6) is -0.201. The third-order valence-corrected chi connectivity index (χ3v) is 4.76. The molecule has 0 aliphatic carbocycles. The van der Waals surface area contributed by atoms with Crippen LogP contribution in [0.15, 0.2) is 36.4 Å². The van der Waals surface area contributed by atoms with Gasteiger partial charge in [-0.1, -0.05) is 11.6 Å². The van der Waals surface area contributed by atoms with E-state index < -0.39 is 0 Å². The molecule has 1 amide bonds. The van der Waals surface area contributed by atoms with E-state index in [-0.39, 0.29) is 11.7 Å². The molecule has 0 N–H and O–H groups in total. The lowest BCUT2D eigenvalue weighted by Gasteiger charge is -2.36. The first kappa shape index (κ1) is 14.4. The molecule has 1 aliphatic rings. The second-order valence-corrected chi connectivity index (χ2v) is 6.57. The smallest absolute Gasteiger partial charge is 0.264 e. The van der Waals surface area contributed by atoms with Gasteiger partial charge in [-0.15, -0.1) is 11.3 Å². The lowest BCUT2D eigenvalue weighted by Crippen LogP contribution is -2.48. The van der Waals surface area contributed by atoms with Crippen molar-refractivity contribution < 1.29 is 9.18 Å². The largest absolute Gasteiger partial charge is 0.368 e. The zero-order valence-corrected chi connectivity index (χ0v) is 12.8. The highest BCUT2D eigenvalue weighted by Gasteiger charge is 2.23. The first-order valence-corrected chi connectivity index (χ1v) is 7.88. The van der Waals surface area contributed by atoms with Crippen molar-refractivity contribution in [2.24, 2.45) is 0 Å². The zero-order chi connectivity index (χ0) is 14.8. The lowest BCUT2D eigenvalue weighted by atomic mass is 10.2. The van der Waals surface area contributed by atoms with Crippen LogP contribution in [0.4, 0.5) is 10.1 Å². The Bertz CT molecular complexity index is 635. The normalized spacial score (nSPS) is 15.3. The number of benzene rings is 1. The van der Waals surface area contributed by atoms with Gasteiger partial charge >= 0.3 is 0 Å². The fourth-order valence-electron chi connectivity index (χ4n) is 2.40. The molecule has 2 heterocycles. The molecule has 1 saturated heterocycles. The van der Waals surface area contributed by atoms with Gasteiger partial charge in [0.1, 0.15) is 5.82 Å². The predicted octanol–water partition coefficient (Wildman–Crippen LogP) is 3.50. The number of nitrogens with zero attached hydrogens (tertiary/aromatic N) is 2. The lowest BCUT2D eigenvalue weighted by molar-refractivity contribution is 0.0751. The maximum absolute atomic E-state index is 12.9. The number of rotatable bonds is 2. The van der Waals surface area contributed by atoms with Gasteiger partial charge in [-0.2, -0.15) is 0 Å². The maximum atomic E-state index is 12.9. The summed E-state index contributed by atoms with van der Waals surface area (Å²) in [6.45, 7) is 2.81. The van der Waals surface area contributed by atoms with Crippen molar-refractivity contribution in [2.45, 2.75) is 0 Å². The van der Waals surface area contributed by atoms with Crippen LogP contribution in [-0.2, 0) is 0 Å². The van der Waals surface area contributed by atoms with Gasteiger partial charge in [0.15, 0.2) is 0 Å². The van der Waals surface area contributed by atoms with Crippen LogP contribution in [0.25, 0.3) is 0 Å². The third-order valence-electron chi connectivity index (χ3n) is 3.54. The Morgan fingerprint density at radius 1 is 1.05 bits per heavy atom. The van der Waals surface area contributed by atoms with E-state index in [9.17, 15) is 9.18 Å². The van der Waals surface area contributed by atoms with Crippen molar-refractivity contribution in [3.63, 3.8) is 0 Å². The summed E-state index contributed by atoms with van der Waals surface area (Å²) in [5.41, 5.74) is 0.989. The highest BCUT2D eigenvalue weighted by atomic mass is 35.5. The predicted molar refractivity (Wildman–Crippen MR) is 83.8 cm³/mol. The molecule has 3 nitrogen and oxygen atoms in total. The van der Waals surface area contributed by atoms with Crippen LogP contribution in [0.5, 0.6) is 0 Å². The number of carbonyl (C=O) groups is 1. The van der Waals surface area contributed by atoms with Gasteiger partial charge in [-0.05, 0) is 36.4 Å². The van der Waals surface area contributed by atoms with Crippen molar-refractivity contribution in [1.29, 1.82) is 0 Å².